The van der Waals surface area contributed by atoms with Crippen molar-refractivity contribution in [2.75, 3.05) is 27.9 Å². The summed E-state index contributed by atoms with van der Waals surface area (Å²) < 4.78 is 21.5. The fourth-order valence-corrected chi connectivity index (χ4v) is 2.39. The topological polar surface area (TPSA) is 87.3 Å². The molecule has 0 aliphatic rings. The first kappa shape index (κ1) is 20.2. The van der Waals surface area contributed by atoms with Crippen LogP contribution in [0.2, 0.25) is 0 Å². The van der Waals surface area contributed by atoms with Gasteiger partial charge in [-0.3, -0.25) is 0 Å². The lowest BCUT2D eigenvalue weighted by Gasteiger charge is -2.16. The van der Waals surface area contributed by atoms with E-state index in [4.69, 9.17) is 24.7 Å². The van der Waals surface area contributed by atoms with E-state index >= 15 is 0 Å². The van der Waals surface area contributed by atoms with E-state index in [2.05, 4.69) is 10.3 Å². The Morgan fingerprint density at radius 3 is 2.26 bits per heavy atom. The van der Waals surface area contributed by atoms with Crippen molar-refractivity contribution in [1.29, 1.82) is 0 Å². The number of hydrogen-bond donors (Lipinski definition) is 2. The number of methoxy groups -OCH3 is 3. The zero-order chi connectivity index (χ0) is 19.6. The van der Waals surface area contributed by atoms with Gasteiger partial charge < -0.3 is 30.0 Å². The summed E-state index contributed by atoms with van der Waals surface area (Å²) in [6.07, 6.45) is -0.0757. The Morgan fingerprint density at radius 2 is 1.63 bits per heavy atom. The van der Waals surface area contributed by atoms with E-state index in [0.717, 1.165) is 17.1 Å². The van der Waals surface area contributed by atoms with E-state index in [9.17, 15) is 0 Å². The maximum absolute atomic E-state index is 5.94. The van der Waals surface area contributed by atoms with Crippen LogP contribution in [-0.2, 0) is 6.54 Å². The lowest BCUT2D eigenvalue weighted by Crippen LogP contribution is -2.38. The molecule has 2 aromatic rings. The highest BCUT2D eigenvalue weighted by molar-refractivity contribution is 5.77. The molecule has 0 spiro atoms. The minimum Gasteiger partial charge on any atom is -0.497 e. The Kier molecular flexibility index (Phi) is 7.61. The summed E-state index contributed by atoms with van der Waals surface area (Å²) in [6, 6.07) is 13.1. The highest BCUT2D eigenvalue weighted by Crippen LogP contribution is 2.27. The first-order valence-corrected chi connectivity index (χ1v) is 8.61. The van der Waals surface area contributed by atoms with E-state index < -0.39 is 0 Å². The van der Waals surface area contributed by atoms with Gasteiger partial charge in [0, 0.05) is 0 Å². The molecule has 0 bridgehead atoms. The van der Waals surface area contributed by atoms with E-state index in [1.165, 1.54) is 0 Å². The van der Waals surface area contributed by atoms with Gasteiger partial charge in [-0.2, -0.15) is 0 Å². The number of nitrogens with two attached hydrogens (primary N) is 1. The normalized spacial score (nSPS) is 12.2. The molecule has 2 aromatic carbocycles. The molecule has 1 unspecified atom stereocenters. The molecule has 0 radical (unpaired) electrons. The van der Waals surface area contributed by atoms with Gasteiger partial charge in [-0.15, -0.1) is 0 Å². The third kappa shape index (κ3) is 6.29. The molecule has 0 saturated carbocycles. The third-order valence-electron chi connectivity index (χ3n) is 3.85. The second kappa shape index (κ2) is 10.2. The number of aliphatic imine (C=N–C) groups is 1. The predicted molar refractivity (Wildman–Crippen MR) is 106 cm³/mol. The molecular formula is C20H27N3O4. The second-order valence-corrected chi connectivity index (χ2v) is 5.88. The highest BCUT2D eigenvalue weighted by Gasteiger charge is 2.06. The summed E-state index contributed by atoms with van der Waals surface area (Å²) in [5, 5.41) is 3.07. The number of nitrogens with zero attached hydrogens (tertiary/aromatic N) is 1. The summed E-state index contributed by atoms with van der Waals surface area (Å²) >= 11 is 0. The second-order valence-electron chi connectivity index (χ2n) is 5.88. The Morgan fingerprint density at radius 1 is 0.963 bits per heavy atom. The van der Waals surface area contributed by atoms with Crippen LogP contribution in [0.15, 0.2) is 47.5 Å². The molecule has 27 heavy (non-hydrogen) atoms. The maximum Gasteiger partial charge on any atom is 0.189 e. The van der Waals surface area contributed by atoms with Crippen molar-refractivity contribution in [3.63, 3.8) is 0 Å². The Hall–Kier alpha value is -3.09. The summed E-state index contributed by atoms with van der Waals surface area (Å²) in [4.78, 5) is 4.34. The largest absolute Gasteiger partial charge is 0.497 e. The van der Waals surface area contributed by atoms with Crippen LogP contribution >= 0.6 is 0 Å². The van der Waals surface area contributed by atoms with Gasteiger partial charge >= 0.3 is 0 Å². The molecule has 0 saturated heterocycles. The van der Waals surface area contributed by atoms with Crippen molar-refractivity contribution in [3.8, 4) is 23.0 Å². The maximum atomic E-state index is 5.94. The van der Waals surface area contributed by atoms with Crippen molar-refractivity contribution in [2.24, 2.45) is 10.7 Å². The van der Waals surface area contributed by atoms with Gasteiger partial charge in [0.1, 0.15) is 17.6 Å². The van der Waals surface area contributed by atoms with E-state index in [0.29, 0.717) is 30.5 Å². The lowest BCUT2D eigenvalue weighted by molar-refractivity contribution is 0.224. The van der Waals surface area contributed by atoms with Gasteiger partial charge in [0.15, 0.2) is 17.5 Å². The highest BCUT2D eigenvalue weighted by atomic mass is 16.5. The monoisotopic (exact) mass is 373 g/mol. The number of ether oxygens (including phenoxy) is 4. The molecule has 0 aliphatic heterocycles. The van der Waals surface area contributed by atoms with Gasteiger partial charge in [-0.05, 0) is 48.9 Å². The fourth-order valence-electron chi connectivity index (χ4n) is 2.39. The van der Waals surface area contributed by atoms with Crippen LogP contribution in [0.4, 0.5) is 0 Å². The number of benzene rings is 2. The number of rotatable bonds is 9. The predicted octanol–water partition coefficient (Wildman–Crippen LogP) is 2.58. The van der Waals surface area contributed by atoms with E-state index in [-0.39, 0.29) is 6.10 Å². The molecule has 0 aromatic heterocycles. The molecule has 146 valence electrons. The van der Waals surface area contributed by atoms with Crippen LogP contribution in [-0.4, -0.2) is 39.9 Å². The molecule has 0 fully saturated rings. The van der Waals surface area contributed by atoms with Gasteiger partial charge in [-0.1, -0.05) is 6.07 Å². The summed E-state index contributed by atoms with van der Waals surface area (Å²) in [6.45, 7) is 2.93. The van der Waals surface area contributed by atoms with Crippen molar-refractivity contribution in [1.82, 2.24) is 5.32 Å². The minimum absolute atomic E-state index is 0.0757. The number of hydrogen-bond acceptors (Lipinski definition) is 5. The average Bonchev–Trinajstić information content (AvgIpc) is 2.71. The third-order valence-corrected chi connectivity index (χ3v) is 3.85. The first-order chi connectivity index (χ1) is 13.0. The molecule has 2 rings (SSSR count). The molecule has 3 N–H and O–H groups in total. The van der Waals surface area contributed by atoms with Crippen LogP contribution in [0.5, 0.6) is 23.0 Å². The number of nitrogens with one attached hydrogen (secondary N) is 1. The van der Waals surface area contributed by atoms with Crippen LogP contribution in [0.3, 0.4) is 0 Å². The fraction of sp³-hybridized carbons (Fsp3) is 0.350. The molecule has 7 nitrogen and oxygen atoms in total. The summed E-state index contributed by atoms with van der Waals surface area (Å²) in [5.74, 6) is 3.26. The van der Waals surface area contributed by atoms with Crippen molar-refractivity contribution < 1.29 is 18.9 Å². The standard InChI is InChI=1S/C20H27N3O4/c1-14(27-17-8-6-16(24-2)7-9-17)12-22-20(21)23-13-15-5-10-18(25-3)19(11-15)26-4/h5-11,14H,12-13H2,1-4H3,(H3,21,22,23). The molecule has 0 amide bonds. The van der Waals surface area contributed by atoms with Crippen LogP contribution in [0, 0.1) is 0 Å². The Labute approximate surface area is 160 Å². The molecule has 0 heterocycles. The van der Waals surface area contributed by atoms with Crippen molar-refractivity contribution in [3.05, 3.63) is 48.0 Å². The molecule has 1 atom stereocenters. The zero-order valence-electron chi connectivity index (χ0n) is 16.2. The average molecular weight is 373 g/mol. The minimum atomic E-state index is -0.0757. The summed E-state index contributed by atoms with van der Waals surface area (Å²) in [5.41, 5.74) is 6.91. The van der Waals surface area contributed by atoms with Gasteiger partial charge in [0.2, 0.25) is 0 Å². The SMILES string of the molecule is COc1ccc(OC(C)CNC(N)=NCc2ccc(OC)c(OC)c2)cc1. The van der Waals surface area contributed by atoms with Crippen LogP contribution in [0.25, 0.3) is 0 Å². The Bertz CT molecular complexity index is 747. The van der Waals surface area contributed by atoms with Gasteiger partial charge in [0.05, 0.1) is 34.4 Å². The molecular weight excluding hydrogens is 346 g/mol. The van der Waals surface area contributed by atoms with Crippen LogP contribution in [0.1, 0.15) is 12.5 Å². The lowest BCUT2D eigenvalue weighted by atomic mass is 10.2. The van der Waals surface area contributed by atoms with Crippen molar-refractivity contribution in [2.45, 2.75) is 19.6 Å². The van der Waals surface area contributed by atoms with Crippen molar-refractivity contribution >= 4 is 5.96 Å². The molecule has 0 aliphatic carbocycles. The van der Waals surface area contributed by atoms with Gasteiger partial charge in [-0.25, -0.2) is 4.99 Å². The molecule has 7 heteroatoms. The van der Waals surface area contributed by atoms with E-state index in [1.54, 1.807) is 21.3 Å². The smallest absolute Gasteiger partial charge is 0.189 e. The first-order valence-electron chi connectivity index (χ1n) is 8.61. The zero-order valence-corrected chi connectivity index (χ0v) is 16.2. The summed E-state index contributed by atoms with van der Waals surface area (Å²) in [7, 11) is 4.84. The number of guanidine groups is 1. The van der Waals surface area contributed by atoms with Gasteiger partial charge in [0.25, 0.3) is 0 Å². The van der Waals surface area contributed by atoms with Crippen LogP contribution < -0.4 is 30.0 Å². The quantitative estimate of drug-likeness (QED) is 0.519. The van der Waals surface area contributed by atoms with E-state index in [1.807, 2.05) is 49.4 Å². The Balaban J connectivity index is 1.82.